The molecule has 25 heavy (non-hydrogen) atoms. The molecule has 0 heterocycles. The molecule has 0 aliphatic carbocycles. The minimum atomic E-state index is -5.17. The molecular formula is C19H34F4O2. The summed E-state index contributed by atoms with van der Waals surface area (Å²) in [6.45, 7) is 2.08. The number of carbonyl (C=O) groups is 1. The molecule has 0 radical (unpaired) electrons. The number of ether oxygens (including phenoxy) is 1. The molecule has 0 spiro atoms. The molecule has 0 saturated carbocycles. The van der Waals surface area contributed by atoms with Crippen LogP contribution in [-0.4, -0.2) is 24.9 Å². The Kier molecular flexibility index (Phi) is 14.9. The normalized spacial score (nSPS) is 13.0. The van der Waals surface area contributed by atoms with Crippen LogP contribution in [0.4, 0.5) is 17.6 Å². The van der Waals surface area contributed by atoms with Gasteiger partial charge in [-0.05, 0) is 6.42 Å². The first kappa shape index (κ1) is 24.2. The minimum absolute atomic E-state index is 0.145. The van der Waals surface area contributed by atoms with E-state index in [1.807, 2.05) is 0 Å². The highest BCUT2D eigenvalue weighted by molar-refractivity contribution is 5.75. The van der Waals surface area contributed by atoms with Gasteiger partial charge in [-0.2, -0.15) is 13.2 Å². The van der Waals surface area contributed by atoms with Gasteiger partial charge in [-0.1, -0.05) is 90.4 Å². The first-order chi connectivity index (χ1) is 11.9. The molecule has 6 heteroatoms. The van der Waals surface area contributed by atoms with Crippen LogP contribution in [0.3, 0.4) is 0 Å². The lowest BCUT2D eigenvalue weighted by atomic mass is 10.0. The number of halogens is 4. The van der Waals surface area contributed by atoms with E-state index in [-0.39, 0.29) is 6.61 Å². The van der Waals surface area contributed by atoms with E-state index in [2.05, 4.69) is 11.7 Å². The highest BCUT2D eigenvalue weighted by Gasteiger charge is 2.46. The number of alkyl halides is 4. The Hall–Kier alpha value is -0.810. The van der Waals surface area contributed by atoms with Gasteiger partial charge in [-0.25, -0.2) is 9.18 Å². The van der Waals surface area contributed by atoms with Crippen molar-refractivity contribution in [3.8, 4) is 0 Å². The number of hydrogen-bond donors (Lipinski definition) is 0. The van der Waals surface area contributed by atoms with Crippen LogP contribution in [0.1, 0.15) is 96.8 Å². The van der Waals surface area contributed by atoms with Crippen LogP contribution < -0.4 is 0 Å². The van der Waals surface area contributed by atoms with Gasteiger partial charge in [0.15, 0.2) is 0 Å². The minimum Gasteiger partial charge on any atom is -0.463 e. The van der Waals surface area contributed by atoms with Gasteiger partial charge in [0, 0.05) is 0 Å². The molecule has 0 fully saturated rings. The lowest BCUT2D eigenvalue weighted by Crippen LogP contribution is -2.34. The molecule has 0 rings (SSSR count). The quantitative estimate of drug-likeness (QED) is 0.168. The van der Waals surface area contributed by atoms with Crippen LogP contribution in [-0.2, 0) is 9.53 Å². The second-order valence-electron chi connectivity index (χ2n) is 6.67. The molecule has 1 unspecified atom stereocenters. The van der Waals surface area contributed by atoms with Crippen LogP contribution in [0.15, 0.2) is 0 Å². The zero-order valence-corrected chi connectivity index (χ0v) is 15.5. The van der Waals surface area contributed by atoms with Crippen molar-refractivity contribution in [2.24, 2.45) is 0 Å². The van der Waals surface area contributed by atoms with Crippen molar-refractivity contribution >= 4 is 5.97 Å². The first-order valence-corrected chi connectivity index (χ1v) is 9.77. The van der Waals surface area contributed by atoms with Gasteiger partial charge in [-0.3, -0.25) is 0 Å². The van der Waals surface area contributed by atoms with E-state index in [1.54, 1.807) is 0 Å². The summed E-state index contributed by atoms with van der Waals surface area (Å²) in [4.78, 5) is 10.8. The van der Waals surface area contributed by atoms with E-state index < -0.39 is 18.3 Å². The van der Waals surface area contributed by atoms with Crippen molar-refractivity contribution in [1.82, 2.24) is 0 Å². The number of unbranched alkanes of at least 4 members (excludes halogenated alkanes) is 13. The van der Waals surface area contributed by atoms with Gasteiger partial charge in [0.2, 0.25) is 0 Å². The maximum Gasteiger partial charge on any atom is 0.430 e. The van der Waals surface area contributed by atoms with E-state index in [9.17, 15) is 22.4 Å². The molecule has 0 saturated heterocycles. The second-order valence-corrected chi connectivity index (χ2v) is 6.67. The average Bonchev–Trinajstić information content (AvgIpc) is 2.56. The van der Waals surface area contributed by atoms with Gasteiger partial charge in [-0.15, -0.1) is 0 Å². The fourth-order valence-electron chi connectivity index (χ4n) is 2.68. The van der Waals surface area contributed by atoms with Crippen molar-refractivity contribution in [2.75, 3.05) is 6.61 Å². The Morgan fingerprint density at radius 1 is 0.760 bits per heavy atom. The predicted molar refractivity (Wildman–Crippen MR) is 92.2 cm³/mol. The van der Waals surface area contributed by atoms with Crippen LogP contribution in [0.2, 0.25) is 0 Å². The maximum atomic E-state index is 12.6. The van der Waals surface area contributed by atoms with Gasteiger partial charge >= 0.3 is 12.1 Å². The Bertz CT molecular complexity index is 319. The molecule has 0 aromatic carbocycles. The third kappa shape index (κ3) is 15.2. The van der Waals surface area contributed by atoms with E-state index in [4.69, 9.17) is 0 Å². The summed E-state index contributed by atoms with van der Waals surface area (Å²) in [5, 5.41) is 0. The van der Waals surface area contributed by atoms with Gasteiger partial charge in [0.25, 0.3) is 6.17 Å². The highest BCUT2D eigenvalue weighted by atomic mass is 19.4. The molecular weight excluding hydrogens is 336 g/mol. The monoisotopic (exact) mass is 370 g/mol. The van der Waals surface area contributed by atoms with E-state index in [1.165, 1.54) is 57.8 Å². The molecule has 0 aromatic heterocycles. The summed E-state index contributed by atoms with van der Waals surface area (Å²) in [6.07, 6.45) is 7.55. The molecule has 0 N–H and O–H groups in total. The SMILES string of the molecule is CCCCCCCCCCCCCCCCOC(=O)C(F)C(F)(F)F. The molecule has 150 valence electrons. The molecule has 0 bridgehead atoms. The fourth-order valence-corrected chi connectivity index (χ4v) is 2.68. The fraction of sp³-hybridized carbons (Fsp3) is 0.947. The third-order valence-electron chi connectivity index (χ3n) is 4.24. The van der Waals surface area contributed by atoms with Crippen molar-refractivity contribution in [3.63, 3.8) is 0 Å². The standard InChI is InChI=1S/C19H34F4O2/c1-2-3-4-5-6-7-8-9-10-11-12-13-14-15-16-25-18(24)17(20)19(21,22)23/h17H,2-16H2,1H3. The van der Waals surface area contributed by atoms with Crippen molar-refractivity contribution in [3.05, 3.63) is 0 Å². The van der Waals surface area contributed by atoms with Crippen LogP contribution in [0, 0.1) is 0 Å². The molecule has 0 amide bonds. The van der Waals surface area contributed by atoms with E-state index in [0.717, 1.165) is 25.7 Å². The van der Waals surface area contributed by atoms with Crippen molar-refractivity contribution < 1.29 is 27.1 Å². The topological polar surface area (TPSA) is 26.3 Å². The Morgan fingerprint density at radius 2 is 1.12 bits per heavy atom. The van der Waals surface area contributed by atoms with Crippen molar-refractivity contribution in [2.45, 2.75) is 109 Å². The average molecular weight is 370 g/mol. The zero-order valence-electron chi connectivity index (χ0n) is 15.5. The van der Waals surface area contributed by atoms with Crippen LogP contribution >= 0.6 is 0 Å². The summed E-state index contributed by atoms with van der Waals surface area (Å²) >= 11 is 0. The van der Waals surface area contributed by atoms with Gasteiger partial charge < -0.3 is 4.74 Å². The molecule has 0 aliphatic rings. The molecule has 0 aromatic rings. The summed E-state index contributed by atoms with van der Waals surface area (Å²) < 4.78 is 52.6. The Balaban J connectivity index is 3.25. The lowest BCUT2D eigenvalue weighted by molar-refractivity contribution is -0.201. The second kappa shape index (κ2) is 15.4. The Labute approximate surface area is 149 Å². The lowest BCUT2D eigenvalue weighted by Gasteiger charge is -2.11. The highest BCUT2D eigenvalue weighted by Crippen LogP contribution is 2.23. The summed E-state index contributed by atoms with van der Waals surface area (Å²) in [5.74, 6) is -1.83. The predicted octanol–water partition coefficient (Wildman–Crippen LogP) is 6.91. The largest absolute Gasteiger partial charge is 0.463 e. The van der Waals surface area contributed by atoms with Crippen molar-refractivity contribution in [1.29, 1.82) is 0 Å². The van der Waals surface area contributed by atoms with E-state index >= 15 is 0 Å². The summed E-state index contributed by atoms with van der Waals surface area (Å²) in [6, 6.07) is 0. The molecule has 2 nitrogen and oxygen atoms in total. The number of rotatable bonds is 16. The number of carbonyl (C=O) groups excluding carboxylic acids is 1. The number of esters is 1. The summed E-state index contributed by atoms with van der Waals surface area (Å²) in [7, 11) is 0. The van der Waals surface area contributed by atoms with Crippen LogP contribution in [0.25, 0.3) is 0 Å². The number of hydrogen-bond acceptors (Lipinski definition) is 2. The Morgan fingerprint density at radius 3 is 1.48 bits per heavy atom. The van der Waals surface area contributed by atoms with E-state index in [0.29, 0.717) is 6.42 Å². The molecule has 0 aliphatic heterocycles. The molecule has 1 atom stereocenters. The third-order valence-corrected chi connectivity index (χ3v) is 4.24. The zero-order chi connectivity index (χ0) is 19.0. The van der Waals surface area contributed by atoms with Gasteiger partial charge in [0.1, 0.15) is 0 Å². The summed E-state index contributed by atoms with van der Waals surface area (Å²) in [5.41, 5.74) is 0. The smallest absolute Gasteiger partial charge is 0.430 e. The van der Waals surface area contributed by atoms with Crippen LogP contribution in [0.5, 0.6) is 0 Å². The first-order valence-electron chi connectivity index (χ1n) is 9.77. The van der Waals surface area contributed by atoms with Gasteiger partial charge in [0.05, 0.1) is 6.61 Å². The maximum absolute atomic E-state index is 12.6.